The van der Waals surface area contributed by atoms with Crippen LogP contribution in [-0.2, 0) is 6.73 Å². The van der Waals surface area contributed by atoms with E-state index in [0.717, 1.165) is 15.4 Å². The molecule has 0 aliphatic heterocycles. The lowest BCUT2D eigenvalue weighted by molar-refractivity contribution is 0.102. The molecular formula is C24H19Cl2N3O2S. The maximum atomic E-state index is 12.8. The average Bonchev–Trinajstić information content (AvgIpc) is 3.27. The van der Waals surface area contributed by atoms with E-state index in [-0.39, 0.29) is 12.6 Å². The third-order valence-corrected chi connectivity index (χ3v) is 6.30. The predicted octanol–water partition coefficient (Wildman–Crippen LogP) is 6.94. The van der Waals surface area contributed by atoms with Crippen LogP contribution in [0.25, 0.3) is 0 Å². The zero-order valence-corrected chi connectivity index (χ0v) is 19.4. The van der Waals surface area contributed by atoms with Crippen molar-refractivity contribution < 1.29 is 9.53 Å². The molecule has 3 aromatic carbocycles. The van der Waals surface area contributed by atoms with E-state index in [4.69, 9.17) is 27.9 Å². The van der Waals surface area contributed by atoms with Gasteiger partial charge in [0.25, 0.3) is 5.91 Å². The number of halogens is 2. The summed E-state index contributed by atoms with van der Waals surface area (Å²) in [4.78, 5) is 14.7. The number of amides is 1. The van der Waals surface area contributed by atoms with Crippen LogP contribution in [0.3, 0.4) is 0 Å². The quantitative estimate of drug-likeness (QED) is 0.309. The Labute approximate surface area is 200 Å². The standard InChI is InChI=1S/C24H19Cl2N3O2S/c1-16-14-18(8-11-20(16)26)31-15-29-13-12-22(28-29)24(30)27-21-4-2-3-5-23(21)32-19-9-6-17(25)7-10-19/h2-14H,15H2,1H3,(H,27,30). The number of nitrogens with zero attached hydrogens (tertiary/aromatic N) is 2. The van der Waals surface area contributed by atoms with Crippen molar-refractivity contribution >= 4 is 46.6 Å². The summed E-state index contributed by atoms with van der Waals surface area (Å²) in [5.74, 6) is 0.386. The van der Waals surface area contributed by atoms with Crippen molar-refractivity contribution in [1.82, 2.24) is 9.78 Å². The lowest BCUT2D eigenvalue weighted by atomic mass is 10.2. The summed E-state index contributed by atoms with van der Waals surface area (Å²) in [5.41, 5.74) is 1.94. The Hall–Kier alpha value is -2.93. The highest BCUT2D eigenvalue weighted by atomic mass is 35.5. The number of hydrogen-bond acceptors (Lipinski definition) is 4. The minimum atomic E-state index is -0.296. The topological polar surface area (TPSA) is 56.1 Å². The van der Waals surface area contributed by atoms with Crippen LogP contribution in [0.2, 0.25) is 10.0 Å². The van der Waals surface area contributed by atoms with Crippen molar-refractivity contribution in [2.75, 3.05) is 5.32 Å². The Bertz CT molecular complexity index is 1240. The lowest BCUT2D eigenvalue weighted by Crippen LogP contribution is -2.14. The van der Waals surface area contributed by atoms with Gasteiger partial charge in [0, 0.05) is 26.0 Å². The number of ether oxygens (including phenoxy) is 1. The molecule has 4 aromatic rings. The van der Waals surface area contributed by atoms with Gasteiger partial charge in [0.05, 0.1) is 5.69 Å². The minimum absolute atomic E-state index is 0.178. The second kappa shape index (κ2) is 10.1. The van der Waals surface area contributed by atoms with E-state index < -0.39 is 0 Å². The van der Waals surface area contributed by atoms with Crippen molar-refractivity contribution in [1.29, 1.82) is 0 Å². The van der Waals surface area contributed by atoms with Crippen LogP contribution in [0.4, 0.5) is 5.69 Å². The monoisotopic (exact) mass is 483 g/mol. The Morgan fingerprint density at radius 2 is 1.84 bits per heavy atom. The van der Waals surface area contributed by atoms with Crippen LogP contribution < -0.4 is 10.1 Å². The van der Waals surface area contributed by atoms with Gasteiger partial charge in [0.1, 0.15) is 5.75 Å². The molecule has 0 bridgehead atoms. The number of carbonyl (C=O) groups excluding carboxylic acids is 1. The van der Waals surface area contributed by atoms with Crippen LogP contribution in [0.1, 0.15) is 16.1 Å². The first kappa shape index (κ1) is 22.3. The van der Waals surface area contributed by atoms with E-state index in [1.165, 1.54) is 0 Å². The van der Waals surface area contributed by atoms with Crippen molar-refractivity contribution in [2.45, 2.75) is 23.4 Å². The fourth-order valence-electron chi connectivity index (χ4n) is 2.88. The van der Waals surface area contributed by atoms with E-state index in [1.807, 2.05) is 61.5 Å². The molecule has 1 heterocycles. The number of carbonyl (C=O) groups is 1. The maximum Gasteiger partial charge on any atom is 0.276 e. The van der Waals surface area contributed by atoms with Gasteiger partial charge in [0.2, 0.25) is 0 Å². The number of nitrogens with one attached hydrogen (secondary N) is 1. The third kappa shape index (κ3) is 5.65. The Morgan fingerprint density at radius 3 is 2.62 bits per heavy atom. The molecule has 0 saturated carbocycles. The molecule has 0 unspecified atom stereocenters. The first-order valence-electron chi connectivity index (χ1n) is 9.74. The van der Waals surface area contributed by atoms with Gasteiger partial charge in [0.15, 0.2) is 12.4 Å². The summed E-state index contributed by atoms with van der Waals surface area (Å²) >= 11 is 13.6. The molecule has 1 aromatic heterocycles. The van der Waals surface area contributed by atoms with E-state index in [2.05, 4.69) is 10.4 Å². The summed E-state index contributed by atoms with van der Waals surface area (Å²) in [6.45, 7) is 2.09. The van der Waals surface area contributed by atoms with E-state index >= 15 is 0 Å². The van der Waals surface area contributed by atoms with Crippen molar-refractivity contribution in [3.8, 4) is 5.75 Å². The van der Waals surface area contributed by atoms with E-state index in [1.54, 1.807) is 40.8 Å². The highest BCUT2D eigenvalue weighted by Crippen LogP contribution is 2.34. The van der Waals surface area contributed by atoms with Crippen molar-refractivity contribution in [2.24, 2.45) is 0 Å². The SMILES string of the molecule is Cc1cc(OCn2ccc(C(=O)Nc3ccccc3Sc3ccc(Cl)cc3)n2)ccc1Cl. The first-order chi connectivity index (χ1) is 15.5. The zero-order chi connectivity index (χ0) is 22.5. The number of hydrogen-bond donors (Lipinski definition) is 1. The van der Waals surface area contributed by atoms with Gasteiger partial charge in [-0.25, -0.2) is 4.68 Å². The van der Waals surface area contributed by atoms with E-state index in [0.29, 0.717) is 27.2 Å². The van der Waals surface area contributed by atoms with Gasteiger partial charge in [-0.3, -0.25) is 4.79 Å². The van der Waals surface area contributed by atoms with Gasteiger partial charge in [-0.1, -0.05) is 47.1 Å². The molecule has 4 rings (SSSR count). The molecule has 32 heavy (non-hydrogen) atoms. The molecule has 0 spiro atoms. The van der Waals surface area contributed by atoms with Crippen LogP contribution in [0.5, 0.6) is 5.75 Å². The molecule has 1 amide bonds. The van der Waals surface area contributed by atoms with Gasteiger partial charge in [-0.15, -0.1) is 0 Å². The Kier molecular flexibility index (Phi) is 7.05. The number of aryl methyl sites for hydroxylation is 1. The largest absolute Gasteiger partial charge is 0.471 e. The number of anilines is 1. The molecule has 5 nitrogen and oxygen atoms in total. The number of benzene rings is 3. The van der Waals surface area contributed by atoms with Gasteiger partial charge < -0.3 is 10.1 Å². The zero-order valence-electron chi connectivity index (χ0n) is 17.1. The molecule has 0 atom stereocenters. The average molecular weight is 484 g/mol. The van der Waals surface area contributed by atoms with Crippen molar-refractivity contribution in [3.05, 3.63) is 100 Å². The van der Waals surface area contributed by atoms with Gasteiger partial charge in [-0.05, 0) is 73.2 Å². The predicted molar refractivity (Wildman–Crippen MR) is 129 cm³/mol. The summed E-state index contributed by atoms with van der Waals surface area (Å²) in [5, 5.41) is 8.63. The molecule has 1 N–H and O–H groups in total. The molecule has 8 heteroatoms. The smallest absolute Gasteiger partial charge is 0.276 e. The van der Waals surface area contributed by atoms with Crippen molar-refractivity contribution in [3.63, 3.8) is 0 Å². The highest BCUT2D eigenvalue weighted by Gasteiger charge is 2.13. The molecule has 0 aliphatic carbocycles. The van der Waals surface area contributed by atoms with Crippen LogP contribution >= 0.6 is 35.0 Å². The Balaban J connectivity index is 1.41. The number of para-hydroxylation sites is 1. The fourth-order valence-corrected chi connectivity index (χ4v) is 4.02. The van der Waals surface area contributed by atoms with Crippen LogP contribution in [-0.4, -0.2) is 15.7 Å². The molecule has 0 saturated heterocycles. The van der Waals surface area contributed by atoms with Crippen LogP contribution in [0, 0.1) is 6.92 Å². The molecular weight excluding hydrogens is 465 g/mol. The van der Waals surface area contributed by atoms with E-state index in [9.17, 15) is 4.79 Å². The lowest BCUT2D eigenvalue weighted by Gasteiger charge is -2.10. The Morgan fingerprint density at radius 1 is 1.06 bits per heavy atom. The first-order valence-corrected chi connectivity index (χ1v) is 11.3. The summed E-state index contributed by atoms with van der Waals surface area (Å²) < 4.78 is 7.29. The third-order valence-electron chi connectivity index (χ3n) is 4.54. The summed E-state index contributed by atoms with van der Waals surface area (Å²) in [6, 6.07) is 22.3. The highest BCUT2D eigenvalue weighted by molar-refractivity contribution is 7.99. The molecule has 162 valence electrons. The number of aromatic nitrogens is 2. The van der Waals surface area contributed by atoms with Gasteiger partial charge >= 0.3 is 0 Å². The summed E-state index contributed by atoms with van der Waals surface area (Å²) in [7, 11) is 0. The maximum absolute atomic E-state index is 12.8. The molecule has 0 aliphatic rings. The van der Waals surface area contributed by atoms with Crippen LogP contribution in [0.15, 0.2) is 88.8 Å². The summed E-state index contributed by atoms with van der Waals surface area (Å²) in [6.07, 6.45) is 1.70. The second-order valence-electron chi connectivity index (χ2n) is 6.93. The second-order valence-corrected chi connectivity index (χ2v) is 8.89. The molecule has 0 radical (unpaired) electrons. The van der Waals surface area contributed by atoms with Gasteiger partial charge in [-0.2, -0.15) is 5.10 Å². The number of rotatable bonds is 7. The fraction of sp³-hybridized carbons (Fsp3) is 0.0833. The minimum Gasteiger partial charge on any atom is -0.471 e. The molecule has 0 fully saturated rings. The normalized spacial score (nSPS) is 10.7.